The second-order valence-corrected chi connectivity index (χ2v) is 4.31. The molecule has 0 saturated heterocycles. The van der Waals surface area contributed by atoms with Gasteiger partial charge in [0.25, 0.3) is 0 Å². The van der Waals surface area contributed by atoms with Crippen LogP contribution in [0, 0.1) is 11.8 Å². The molecule has 14 heavy (non-hydrogen) atoms. The molecule has 0 bridgehead atoms. The van der Waals surface area contributed by atoms with Gasteiger partial charge in [-0.1, -0.05) is 33.1 Å². The first-order chi connectivity index (χ1) is 6.70. The fourth-order valence-electron chi connectivity index (χ4n) is 1.62. The summed E-state index contributed by atoms with van der Waals surface area (Å²) in [5.74, 6) is 0.590. The summed E-state index contributed by atoms with van der Waals surface area (Å²) in [4.78, 5) is 11.2. The van der Waals surface area contributed by atoms with Crippen LogP contribution in [0.3, 0.4) is 0 Å². The maximum Gasteiger partial charge on any atom is 0.242 e. The Labute approximate surface area is 86.0 Å². The first kappa shape index (κ1) is 11.2. The summed E-state index contributed by atoms with van der Waals surface area (Å²) in [6.07, 6.45) is 8.30. The Balaban J connectivity index is 2.22. The molecule has 0 spiro atoms. The van der Waals surface area contributed by atoms with Gasteiger partial charge in [-0.05, 0) is 18.8 Å². The molecule has 0 aromatic rings. The standard InChI is InChI=1S/C11H20N2O/c1-9(2)11(14)13-12-8-10-6-4-3-5-7-10/h8-10H,3-7H2,1-2H3,(H,13,14)/b12-8+. The molecular formula is C11H20N2O. The van der Waals surface area contributed by atoms with Crippen molar-refractivity contribution in [3.63, 3.8) is 0 Å². The van der Waals surface area contributed by atoms with Crippen LogP contribution in [0.15, 0.2) is 5.10 Å². The highest BCUT2D eigenvalue weighted by atomic mass is 16.2. The number of carbonyl (C=O) groups is 1. The fraction of sp³-hybridized carbons (Fsp3) is 0.818. The lowest BCUT2D eigenvalue weighted by atomic mass is 9.90. The Morgan fingerprint density at radius 3 is 2.57 bits per heavy atom. The first-order valence-electron chi connectivity index (χ1n) is 5.53. The highest BCUT2D eigenvalue weighted by Gasteiger charge is 2.11. The number of rotatable bonds is 3. The molecule has 0 aromatic carbocycles. The van der Waals surface area contributed by atoms with Gasteiger partial charge in [0, 0.05) is 12.1 Å². The molecule has 1 aliphatic rings. The van der Waals surface area contributed by atoms with Crippen LogP contribution in [0.2, 0.25) is 0 Å². The molecule has 3 heteroatoms. The quantitative estimate of drug-likeness (QED) is 0.546. The smallest absolute Gasteiger partial charge is 0.242 e. The van der Waals surface area contributed by atoms with Gasteiger partial charge in [0.15, 0.2) is 0 Å². The summed E-state index contributed by atoms with van der Waals surface area (Å²) in [6, 6.07) is 0. The van der Waals surface area contributed by atoms with Gasteiger partial charge in [-0.3, -0.25) is 4.79 Å². The first-order valence-corrected chi connectivity index (χ1v) is 5.53. The Kier molecular flexibility index (Phi) is 4.63. The minimum atomic E-state index is -0.00272. The molecule has 0 radical (unpaired) electrons. The number of nitrogens with one attached hydrogen (secondary N) is 1. The molecule has 1 amide bonds. The van der Waals surface area contributed by atoms with E-state index < -0.39 is 0 Å². The Morgan fingerprint density at radius 2 is 2.00 bits per heavy atom. The predicted octanol–water partition coefficient (Wildman–Crippen LogP) is 2.32. The molecule has 80 valence electrons. The van der Waals surface area contributed by atoms with Gasteiger partial charge < -0.3 is 0 Å². The third kappa shape index (κ3) is 3.90. The van der Waals surface area contributed by atoms with Gasteiger partial charge in [-0.2, -0.15) is 5.10 Å². The lowest BCUT2D eigenvalue weighted by Crippen LogP contribution is -2.23. The van der Waals surface area contributed by atoms with E-state index in [1.807, 2.05) is 20.1 Å². The van der Waals surface area contributed by atoms with Crippen LogP contribution in [0.4, 0.5) is 0 Å². The van der Waals surface area contributed by atoms with Crippen LogP contribution in [0.5, 0.6) is 0 Å². The predicted molar refractivity (Wildman–Crippen MR) is 58.0 cm³/mol. The van der Waals surface area contributed by atoms with E-state index in [4.69, 9.17) is 0 Å². The normalized spacial score (nSPS) is 19.1. The molecule has 0 aliphatic heterocycles. The van der Waals surface area contributed by atoms with Crippen LogP contribution in [0.1, 0.15) is 46.0 Å². The van der Waals surface area contributed by atoms with Gasteiger partial charge in [0.05, 0.1) is 0 Å². The molecule has 1 N–H and O–H groups in total. The molecule has 0 atom stereocenters. The molecule has 1 rings (SSSR count). The van der Waals surface area contributed by atoms with E-state index in [9.17, 15) is 4.79 Å². The number of hydrogen-bond acceptors (Lipinski definition) is 2. The number of carbonyl (C=O) groups excluding carboxylic acids is 1. The van der Waals surface area contributed by atoms with Gasteiger partial charge >= 0.3 is 0 Å². The van der Waals surface area contributed by atoms with E-state index in [0.717, 1.165) is 0 Å². The maximum absolute atomic E-state index is 11.2. The third-order valence-corrected chi connectivity index (χ3v) is 2.63. The van der Waals surface area contributed by atoms with Crippen LogP contribution in [-0.4, -0.2) is 12.1 Å². The van der Waals surface area contributed by atoms with Crippen molar-refractivity contribution in [2.75, 3.05) is 0 Å². The zero-order valence-electron chi connectivity index (χ0n) is 9.12. The topological polar surface area (TPSA) is 41.5 Å². The van der Waals surface area contributed by atoms with Crippen LogP contribution >= 0.6 is 0 Å². The molecule has 1 aliphatic carbocycles. The minimum absolute atomic E-state index is 0.00272. The van der Waals surface area contributed by atoms with Crippen molar-refractivity contribution in [2.45, 2.75) is 46.0 Å². The molecule has 0 heterocycles. The number of hydrogen-bond donors (Lipinski definition) is 1. The second-order valence-electron chi connectivity index (χ2n) is 4.31. The second kappa shape index (κ2) is 5.78. The largest absolute Gasteiger partial charge is 0.273 e. The highest BCUT2D eigenvalue weighted by Crippen LogP contribution is 2.21. The molecule has 1 saturated carbocycles. The van der Waals surface area contributed by atoms with Crippen molar-refractivity contribution in [3.05, 3.63) is 0 Å². The highest BCUT2D eigenvalue weighted by molar-refractivity contribution is 5.78. The SMILES string of the molecule is CC(C)C(=O)N/N=C/C1CCCCC1. The van der Waals surface area contributed by atoms with Crippen molar-refractivity contribution in [1.29, 1.82) is 0 Å². The maximum atomic E-state index is 11.2. The van der Waals surface area contributed by atoms with Crippen LogP contribution in [0.25, 0.3) is 0 Å². The number of hydrazone groups is 1. The van der Waals surface area contributed by atoms with E-state index in [-0.39, 0.29) is 11.8 Å². The molecule has 1 fully saturated rings. The summed E-state index contributed by atoms with van der Waals surface area (Å²) in [5.41, 5.74) is 2.56. The lowest BCUT2D eigenvalue weighted by molar-refractivity contribution is -0.123. The van der Waals surface area contributed by atoms with Crippen LogP contribution in [-0.2, 0) is 4.79 Å². The van der Waals surface area contributed by atoms with Crippen LogP contribution < -0.4 is 5.43 Å². The minimum Gasteiger partial charge on any atom is -0.273 e. The summed E-state index contributed by atoms with van der Waals surface area (Å²) >= 11 is 0. The summed E-state index contributed by atoms with van der Waals surface area (Å²) in [6.45, 7) is 3.73. The average Bonchev–Trinajstić information content (AvgIpc) is 2.19. The van der Waals surface area contributed by atoms with Gasteiger partial charge in [0.2, 0.25) is 5.91 Å². The number of amides is 1. The van der Waals surface area contributed by atoms with Gasteiger partial charge in [-0.15, -0.1) is 0 Å². The molecule has 0 unspecified atom stereocenters. The van der Waals surface area contributed by atoms with Gasteiger partial charge in [0.1, 0.15) is 0 Å². The lowest BCUT2D eigenvalue weighted by Gasteiger charge is -2.16. The van der Waals surface area contributed by atoms with Crippen molar-refractivity contribution < 1.29 is 4.79 Å². The third-order valence-electron chi connectivity index (χ3n) is 2.63. The van der Waals surface area contributed by atoms with Crippen molar-refractivity contribution in [2.24, 2.45) is 16.9 Å². The van der Waals surface area contributed by atoms with Crippen molar-refractivity contribution >= 4 is 12.1 Å². The van der Waals surface area contributed by atoms with Gasteiger partial charge in [-0.25, -0.2) is 5.43 Å². The summed E-state index contributed by atoms with van der Waals surface area (Å²) in [7, 11) is 0. The van der Waals surface area contributed by atoms with Crippen molar-refractivity contribution in [1.82, 2.24) is 5.43 Å². The Bertz CT molecular complexity index is 205. The fourth-order valence-corrected chi connectivity index (χ4v) is 1.62. The average molecular weight is 196 g/mol. The van der Waals surface area contributed by atoms with E-state index in [0.29, 0.717) is 5.92 Å². The Hall–Kier alpha value is -0.860. The monoisotopic (exact) mass is 196 g/mol. The van der Waals surface area contributed by atoms with Crippen molar-refractivity contribution in [3.8, 4) is 0 Å². The molecule has 3 nitrogen and oxygen atoms in total. The number of nitrogens with zero attached hydrogens (tertiary/aromatic N) is 1. The molecular weight excluding hydrogens is 176 g/mol. The van der Waals surface area contributed by atoms with E-state index in [1.165, 1.54) is 32.1 Å². The van der Waals surface area contributed by atoms with E-state index in [1.54, 1.807) is 0 Å². The van der Waals surface area contributed by atoms with E-state index >= 15 is 0 Å². The van der Waals surface area contributed by atoms with E-state index in [2.05, 4.69) is 10.5 Å². The zero-order chi connectivity index (χ0) is 10.4. The zero-order valence-corrected chi connectivity index (χ0v) is 9.12. The summed E-state index contributed by atoms with van der Waals surface area (Å²) < 4.78 is 0. The molecule has 0 aromatic heterocycles. The summed E-state index contributed by atoms with van der Waals surface area (Å²) in [5, 5.41) is 3.99. The Morgan fingerprint density at radius 1 is 1.36 bits per heavy atom.